The largest absolute Gasteiger partial charge is 0.447 e. The Morgan fingerprint density at radius 1 is 0.895 bits per heavy atom. The van der Waals surface area contributed by atoms with Crippen LogP contribution in [-0.4, -0.2) is 42.8 Å². The van der Waals surface area contributed by atoms with Crippen LogP contribution in [0.15, 0.2) is 91.1 Å². The summed E-state index contributed by atoms with van der Waals surface area (Å²) in [6.07, 6.45) is 1.01. The highest BCUT2D eigenvalue weighted by Crippen LogP contribution is 2.16. The van der Waals surface area contributed by atoms with Crippen LogP contribution in [0.1, 0.15) is 11.1 Å². The van der Waals surface area contributed by atoms with E-state index in [9.17, 15) is 9.59 Å². The first kappa shape index (κ1) is 27.1. The van der Waals surface area contributed by atoms with Gasteiger partial charge in [0, 0.05) is 23.2 Å². The smallest absolute Gasteiger partial charge is 0.412 e. The molecule has 4 rings (SSSR count). The number of rotatable bonds is 12. The molecule has 38 heavy (non-hydrogen) atoms. The van der Waals surface area contributed by atoms with Gasteiger partial charge in [-0.1, -0.05) is 84.4 Å². The predicted octanol–water partition coefficient (Wildman–Crippen LogP) is 4.93. The normalized spacial score (nSPS) is 11.6. The van der Waals surface area contributed by atoms with Gasteiger partial charge in [-0.15, -0.1) is 0 Å². The average molecular weight is 533 g/mol. The van der Waals surface area contributed by atoms with Crippen LogP contribution in [0.3, 0.4) is 0 Å². The molecule has 1 aromatic heterocycles. The first-order chi connectivity index (χ1) is 18.6. The second-order valence-corrected chi connectivity index (χ2v) is 9.01. The third-order valence-electron chi connectivity index (χ3n) is 5.63. The van der Waals surface area contributed by atoms with Crippen molar-refractivity contribution in [2.45, 2.75) is 19.2 Å². The van der Waals surface area contributed by atoms with Crippen molar-refractivity contribution >= 4 is 40.2 Å². The van der Waals surface area contributed by atoms with E-state index in [1.165, 1.54) is 0 Å². The van der Waals surface area contributed by atoms with E-state index < -0.39 is 12.1 Å². The molecule has 3 N–H and O–H groups in total. The lowest BCUT2D eigenvalue weighted by Crippen LogP contribution is -2.45. The van der Waals surface area contributed by atoms with Crippen LogP contribution < -0.4 is 16.0 Å². The van der Waals surface area contributed by atoms with E-state index in [4.69, 9.17) is 21.1 Å². The summed E-state index contributed by atoms with van der Waals surface area (Å²) < 4.78 is 11.2. The molecular weight excluding hydrogens is 504 g/mol. The number of carbonyl (C=O) groups excluding carboxylic acids is 2. The van der Waals surface area contributed by atoms with E-state index in [0.29, 0.717) is 24.0 Å². The Morgan fingerprint density at radius 2 is 1.63 bits per heavy atom. The molecule has 2 amide bonds. The molecule has 0 fully saturated rings. The van der Waals surface area contributed by atoms with Crippen LogP contribution in [0.2, 0.25) is 5.02 Å². The maximum Gasteiger partial charge on any atom is 0.412 e. The highest BCUT2D eigenvalue weighted by Gasteiger charge is 2.16. The molecule has 0 aliphatic heterocycles. The lowest BCUT2D eigenvalue weighted by Gasteiger charge is -2.19. The quantitative estimate of drug-likeness (QED) is 0.239. The third kappa shape index (κ3) is 8.55. The minimum atomic E-state index is -0.674. The Labute approximate surface area is 226 Å². The van der Waals surface area contributed by atoms with Gasteiger partial charge in [-0.3, -0.25) is 10.1 Å². The van der Waals surface area contributed by atoms with Gasteiger partial charge in [-0.25, -0.2) is 9.78 Å². The van der Waals surface area contributed by atoms with E-state index in [-0.39, 0.29) is 25.7 Å². The van der Waals surface area contributed by atoms with Gasteiger partial charge in [-0.2, -0.15) is 0 Å². The number of hydrogen-bond acceptors (Lipinski definition) is 6. The van der Waals surface area contributed by atoms with Gasteiger partial charge in [0.15, 0.2) is 0 Å². The van der Waals surface area contributed by atoms with E-state index in [1.807, 2.05) is 72.8 Å². The summed E-state index contributed by atoms with van der Waals surface area (Å²) in [4.78, 5) is 29.3. The van der Waals surface area contributed by atoms with Crippen molar-refractivity contribution in [1.29, 1.82) is 0 Å². The number of anilines is 1. The minimum Gasteiger partial charge on any atom is -0.447 e. The first-order valence-electron chi connectivity index (χ1n) is 12.2. The number of benzene rings is 3. The molecular formula is C29H29ClN4O4. The zero-order valence-electron chi connectivity index (χ0n) is 20.7. The Balaban J connectivity index is 1.28. The summed E-state index contributed by atoms with van der Waals surface area (Å²) in [6, 6.07) is 26.0. The molecule has 0 bridgehead atoms. The number of nitrogens with zero attached hydrogens (tertiary/aromatic N) is 1. The SMILES string of the molecule is O=C(CNCc1ccccc1Cl)N[C@@H](COCc1ccccc1)COC(=O)Nc1cc2ccccc2cn1. The lowest BCUT2D eigenvalue weighted by atomic mass is 10.2. The van der Waals surface area contributed by atoms with Gasteiger partial charge >= 0.3 is 6.09 Å². The van der Waals surface area contributed by atoms with E-state index in [1.54, 1.807) is 18.3 Å². The van der Waals surface area contributed by atoms with Crippen LogP contribution in [0.25, 0.3) is 10.8 Å². The van der Waals surface area contributed by atoms with Crippen LogP contribution in [0.5, 0.6) is 0 Å². The third-order valence-corrected chi connectivity index (χ3v) is 6.00. The van der Waals surface area contributed by atoms with Crippen molar-refractivity contribution in [3.63, 3.8) is 0 Å². The molecule has 0 unspecified atom stereocenters. The van der Waals surface area contributed by atoms with Crippen LogP contribution in [0.4, 0.5) is 10.6 Å². The monoisotopic (exact) mass is 532 g/mol. The summed E-state index contributed by atoms with van der Waals surface area (Å²) in [5, 5.41) is 11.1. The van der Waals surface area contributed by atoms with Crippen molar-refractivity contribution in [2.24, 2.45) is 0 Å². The van der Waals surface area contributed by atoms with Crippen LogP contribution in [0, 0.1) is 0 Å². The molecule has 0 aliphatic rings. The summed E-state index contributed by atoms with van der Waals surface area (Å²) in [6.45, 7) is 0.954. The van der Waals surface area contributed by atoms with Crippen molar-refractivity contribution in [1.82, 2.24) is 15.6 Å². The standard InChI is InChI=1S/C29H29ClN4O4/c30-26-13-7-6-12-24(26)15-31-17-28(35)33-25(19-37-18-21-8-2-1-3-9-21)20-38-29(36)34-27-14-22-10-4-5-11-23(22)16-32-27/h1-14,16,25,31H,15,17-20H2,(H,33,35)(H,32,34,36)/t25-/m0/s1. The van der Waals surface area contributed by atoms with Gasteiger partial charge in [0.2, 0.25) is 5.91 Å². The van der Waals surface area contributed by atoms with E-state index >= 15 is 0 Å². The number of halogens is 1. The Bertz CT molecular complexity index is 1350. The number of amides is 2. The molecule has 8 nitrogen and oxygen atoms in total. The van der Waals surface area contributed by atoms with Crippen molar-refractivity contribution in [2.75, 3.05) is 25.1 Å². The number of carbonyl (C=O) groups is 2. The van der Waals surface area contributed by atoms with Crippen molar-refractivity contribution in [3.05, 3.63) is 107 Å². The fourth-order valence-corrected chi connectivity index (χ4v) is 3.93. The Morgan fingerprint density at radius 3 is 2.45 bits per heavy atom. The van der Waals surface area contributed by atoms with Gasteiger partial charge in [0.05, 0.1) is 25.8 Å². The van der Waals surface area contributed by atoms with Crippen LogP contribution >= 0.6 is 11.6 Å². The van der Waals surface area contributed by atoms with Gasteiger partial charge in [0.25, 0.3) is 0 Å². The van der Waals surface area contributed by atoms with Crippen molar-refractivity contribution in [3.8, 4) is 0 Å². The summed E-state index contributed by atoms with van der Waals surface area (Å²) in [5.74, 6) is 0.115. The van der Waals surface area contributed by atoms with E-state index in [2.05, 4.69) is 20.9 Å². The number of ether oxygens (including phenoxy) is 2. The maximum absolute atomic E-state index is 12.6. The maximum atomic E-state index is 12.6. The van der Waals surface area contributed by atoms with Crippen LogP contribution in [-0.2, 0) is 27.4 Å². The zero-order valence-corrected chi connectivity index (χ0v) is 21.5. The highest BCUT2D eigenvalue weighted by molar-refractivity contribution is 6.31. The molecule has 0 aliphatic carbocycles. The zero-order chi connectivity index (χ0) is 26.6. The summed E-state index contributed by atoms with van der Waals surface area (Å²) >= 11 is 6.17. The molecule has 9 heteroatoms. The Hall–Kier alpha value is -3.98. The number of fused-ring (bicyclic) bond motifs is 1. The molecule has 196 valence electrons. The van der Waals surface area contributed by atoms with Gasteiger partial charge in [-0.05, 0) is 28.6 Å². The lowest BCUT2D eigenvalue weighted by molar-refractivity contribution is -0.121. The fraction of sp³-hybridized carbons (Fsp3) is 0.207. The van der Waals surface area contributed by atoms with Gasteiger partial charge < -0.3 is 20.1 Å². The summed E-state index contributed by atoms with van der Waals surface area (Å²) in [5.41, 5.74) is 1.90. The second kappa shape index (κ2) is 14.1. The molecule has 4 aromatic rings. The minimum absolute atomic E-state index is 0.0631. The molecule has 1 atom stereocenters. The number of hydrogen-bond donors (Lipinski definition) is 3. The number of aromatic nitrogens is 1. The average Bonchev–Trinajstić information content (AvgIpc) is 2.93. The molecule has 0 spiro atoms. The molecule has 0 saturated heterocycles. The molecule has 1 heterocycles. The topological polar surface area (TPSA) is 102 Å². The Kier molecular flexibility index (Phi) is 10.0. The number of pyridine rings is 1. The van der Waals surface area contributed by atoms with Crippen molar-refractivity contribution < 1.29 is 19.1 Å². The molecule has 0 saturated carbocycles. The predicted molar refractivity (Wildman–Crippen MR) is 148 cm³/mol. The summed E-state index contributed by atoms with van der Waals surface area (Å²) in [7, 11) is 0. The van der Waals surface area contributed by atoms with E-state index in [0.717, 1.165) is 21.9 Å². The highest BCUT2D eigenvalue weighted by atomic mass is 35.5. The second-order valence-electron chi connectivity index (χ2n) is 8.60. The molecule has 3 aromatic carbocycles. The van der Waals surface area contributed by atoms with Gasteiger partial charge in [0.1, 0.15) is 12.4 Å². The first-order valence-corrected chi connectivity index (χ1v) is 12.6. The fourth-order valence-electron chi connectivity index (χ4n) is 3.72. The number of nitrogens with one attached hydrogen (secondary N) is 3. The molecule has 0 radical (unpaired) electrons.